The number of thiazole rings is 1. The van der Waals surface area contributed by atoms with Gasteiger partial charge in [-0.1, -0.05) is 23.9 Å². The molecule has 4 rings (SSSR count). The molecular weight excluding hydrogens is 555 g/mol. The minimum atomic E-state index is -0.328. The average molecular weight is 579 g/mol. The molecule has 40 heavy (non-hydrogen) atoms. The molecule has 0 aliphatic carbocycles. The van der Waals surface area contributed by atoms with Crippen molar-refractivity contribution in [1.82, 2.24) is 9.97 Å². The van der Waals surface area contributed by atoms with Gasteiger partial charge < -0.3 is 20.3 Å². The fourth-order valence-electron chi connectivity index (χ4n) is 3.52. The van der Waals surface area contributed by atoms with Crippen LogP contribution in [0.4, 0.5) is 21.0 Å². The number of nitrogens with zero attached hydrogens (tertiary/aromatic N) is 4. The smallest absolute Gasteiger partial charge is 0.187 e. The zero-order valence-electron chi connectivity index (χ0n) is 20.9. The van der Waals surface area contributed by atoms with Crippen molar-refractivity contribution in [2.24, 2.45) is 0 Å². The summed E-state index contributed by atoms with van der Waals surface area (Å²) in [5, 5.41) is 44.2. The molecule has 0 aliphatic heterocycles. The van der Waals surface area contributed by atoms with E-state index in [9.17, 15) is 14.9 Å². The molecule has 2 heterocycles. The summed E-state index contributed by atoms with van der Waals surface area (Å²) in [6, 6.07) is 17.0. The zero-order chi connectivity index (χ0) is 28.3. The number of nitriles is 2. The third-order valence-corrected chi connectivity index (χ3v) is 7.07. The van der Waals surface area contributed by atoms with Crippen molar-refractivity contribution >= 4 is 39.7 Å². The SMILES string of the molecule is N#Cc1c(NOCCO)nc(SCc2csc(Nc3ccc(F)cc3)n2)c(C#N)c1-c1ccc(OCCO)cc1. The molecule has 13 heteroatoms. The number of aromatic nitrogens is 2. The summed E-state index contributed by atoms with van der Waals surface area (Å²) in [5.41, 5.74) is 5.30. The standard InChI is InChI=1S/C27H23FN6O4S2/c28-18-3-5-19(6-4-18)31-27-32-20(16-40-27)15-39-26-23(14-30)24(17-1-7-21(8-2-17)37-11-9-35)22(13-29)25(33-26)34-38-12-10-36/h1-8,16,35-36H,9-12,15H2,(H,31,32)(H,33,34). The van der Waals surface area contributed by atoms with Crippen LogP contribution in [0.25, 0.3) is 11.1 Å². The van der Waals surface area contributed by atoms with Crippen LogP contribution in [-0.4, -0.2) is 46.6 Å². The van der Waals surface area contributed by atoms with Gasteiger partial charge in [0.15, 0.2) is 10.9 Å². The third kappa shape index (κ3) is 7.24. The van der Waals surface area contributed by atoms with Crippen LogP contribution >= 0.6 is 23.1 Å². The van der Waals surface area contributed by atoms with Crippen LogP contribution < -0.4 is 15.5 Å². The van der Waals surface area contributed by atoms with Crippen LogP contribution in [0.15, 0.2) is 58.9 Å². The lowest BCUT2D eigenvalue weighted by atomic mass is 9.97. The summed E-state index contributed by atoms with van der Waals surface area (Å²) in [6.45, 7) is -0.275. The van der Waals surface area contributed by atoms with Gasteiger partial charge in [0.05, 0.1) is 31.1 Å². The predicted molar refractivity (Wildman–Crippen MR) is 150 cm³/mol. The highest BCUT2D eigenvalue weighted by Gasteiger charge is 2.22. The Hall–Kier alpha value is -4.24. The van der Waals surface area contributed by atoms with Gasteiger partial charge >= 0.3 is 0 Å². The van der Waals surface area contributed by atoms with Gasteiger partial charge in [0, 0.05) is 22.4 Å². The van der Waals surface area contributed by atoms with Crippen molar-refractivity contribution in [3.63, 3.8) is 0 Å². The molecule has 0 atom stereocenters. The highest BCUT2D eigenvalue weighted by molar-refractivity contribution is 7.98. The lowest BCUT2D eigenvalue weighted by Crippen LogP contribution is -2.11. The maximum absolute atomic E-state index is 13.2. The molecular formula is C27H23FN6O4S2. The number of hydrogen-bond donors (Lipinski definition) is 4. The quantitative estimate of drug-likeness (QED) is 0.0979. The van der Waals surface area contributed by atoms with E-state index in [4.69, 9.17) is 19.8 Å². The van der Waals surface area contributed by atoms with E-state index >= 15 is 0 Å². The number of benzene rings is 2. The molecule has 4 N–H and O–H groups in total. The Kier molecular flexibility index (Phi) is 10.2. The Bertz CT molecular complexity index is 1520. The van der Waals surface area contributed by atoms with Crippen molar-refractivity contribution in [3.8, 4) is 29.0 Å². The normalized spacial score (nSPS) is 10.5. The lowest BCUT2D eigenvalue weighted by molar-refractivity contribution is 0.132. The molecule has 0 fully saturated rings. The highest BCUT2D eigenvalue weighted by Crippen LogP contribution is 2.38. The minimum absolute atomic E-state index is 0.0378. The molecule has 204 valence electrons. The van der Waals surface area contributed by atoms with Crippen molar-refractivity contribution in [1.29, 1.82) is 10.5 Å². The maximum Gasteiger partial charge on any atom is 0.187 e. The second-order valence-electron chi connectivity index (χ2n) is 7.95. The molecule has 10 nitrogen and oxygen atoms in total. The molecule has 0 saturated carbocycles. The molecule has 4 aromatic rings. The van der Waals surface area contributed by atoms with Crippen LogP contribution in [0.3, 0.4) is 0 Å². The Morgan fingerprint density at radius 1 is 0.950 bits per heavy atom. The molecule has 0 radical (unpaired) electrons. The van der Waals surface area contributed by atoms with E-state index in [2.05, 4.69) is 32.9 Å². The number of pyridine rings is 1. The summed E-state index contributed by atoms with van der Waals surface area (Å²) in [5.74, 6) is 0.673. The minimum Gasteiger partial charge on any atom is -0.491 e. The van der Waals surface area contributed by atoms with Crippen LogP contribution in [0.1, 0.15) is 16.8 Å². The predicted octanol–water partition coefficient (Wildman–Crippen LogP) is 4.83. The van der Waals surface area contributed by atoms with Crippen molar-refractivity contribution in [3.05, 3.63) is 76.5 Å². The highest BCUT2D eigenvalue weighted by atomic mass is 32.2. The number of ether oxygens (including phenoxy) is 1. The van der Waals surface area contributed by atoms with E-state index in [1.54, 1.807) is 36.4 Å². The Balaban J connectivity index is 1.64. The van der Waals surface area contributed by atoms with E-state index in [1.165, 1.54) is 35.2 Å². The number of anilines is 3. The molecule has 2 aromatic carbocycles. The van der Waals surface area contributed by atoms with Gasteiger partial charge in [-0.15, -0.1) is 11.3 Å². The molecule has 0 aliphatic rings. The molecule has 0 amide bonds. The summed E-state index contributed by atoms with van der Waals surface area (Å²) in [4.78, 5) is 14.3. The van der Waals surface area contributed by atoms with Crippen molar-refractivity contribution in [2.75, 3.05) is 37.2 Å². The molecule has 0 bridgehead atoms. The average Bonchev–Trinajstić information content (AvgIpc) is 3.43. The van der Waals surface area contributed by atoms with Gasteiger partial charge in [-0.25, -0.2) is 19.8 Å². The van der Waals surface area contributed by atoms with Gasteiger partial charge in [-0.3, -0.25) is 4.84 Å². The number of hydrogen-bond acceptors (Lipinski definition) is 12. The van der Waals surface area contributed by atoms with Gasteiger partial charge in [-0.2, -0.15) is 10.5 Å². The first kappa shape index (κ1) is 28.8. The topological polar surface area (TPSA) is 156 Å². The van der Waals surface area contributed by atoms with Gasteiger partial charge in [0.25, 0.3) is 0 Å². The first-order chi connectivity index (χ1) is 19.6. The van der Waals surface area contributed by atoms with Crippen LogP contribution in [-0.2, 0) is 10.6 Å². The van der Waals surface area contributed by atoms with E-state index in [-0.39, 0.29) is 49.2 Å². The van der Waals surface area contributed by atoms with Gasteiger partial charge in [0.2, 0.25) is 0 Å². The van der Waals surface area contributed by atoms with Crippen molar-refractivity contribution in [2.45, 2.75) is 10.8 Å². The lowest BCUT2D eigenvalue weighted by Gasteiger charge is -2.16. The van der Waals surface area contributed by atoms with E-state index in [0.717, 1.165) is 5.69 Å². The number of aliphatic hydroxyl groups is 2. The van der Waals surface area contributed by atoms with Crippen molar-refractivity contribution < 1.29 is 24.2 Å². The fourth-order valence-corrected chi connectivity index (χ4v) is 5.24. The molecule has 0 saturated heterocycles. The number of rotatable bonds is 13. The summed E-state index contributed by atoms with van der Waals surface area (Å²) >= 11 is 2.65. The number of aliphatic hydroxyl groups excluding tert-OH is 2. The monoisotopic (exact) mass is 578 g/mol. The summed E-state index contributed by atoms with van der Waals surface area (Å²) < 4.78 is 18.6. The maximum atomic E-state index is 13.2. The fraction of sp³-hybridized carbons (Fsp3) is 0.185. The first-order valence-electron chi connectivity index (χ1n) is 11.9. The molecule has 2 aromatic heterocycles. The number of halogens is 1. The summed E-state index contributed by atoms with van der Waals surface area (Å²) in [7, 11) is 0. The largest absolute Gasteiger partial charge is 0.491 e. The van der Waals surface area contributed by atoms with Gasteiger partial charge in [-0.05, 0) is 42.0 Å². The van der Waals surface area contributed by atoms with E-state index in [1.807, 2.05) is 5.38 Å². The number of nitrogens with one attached hydrogen (secondary N) is 2. The second-order valence-corrected chi connectivity index (χ2v) is 9.77. The Morgan fingerprint density at radius 3 is 2.35 bits per heavy atom. The molecule has 0 spiro atoms. The Morgan fingerprint density at radius 2 is 1.68 bits per heavy atom. The van der Waals surface area contributed by atoms with Crippen LogP contribution in [0.2, 0.25) is 0 Å². The first-order valence-corrected chi connectivity index (χ1v) is 13.7. The second kappa shape index (κ2) is 14.2. The Labute approximate surface area is 237 Å². The number of thioether (sulfide) groups is 1. The van der Waals surface area contributed by atoms with E-state index < -0.39 is 0 Å². The third-order valence-electron chi connectivity index (χ3n) is 5.26. The molecule has 0 unspecified atom stereocenters. The van der Waals surface area contributed by atoms with Crippen LogP contribution in [0.5, 0.6) is 5.75 Å². The summed E-state index contributed by atoms with van der Waals surface area (Å²) in [6.07, 6.45) is 0. The van der Waals surface area contributed by atoms with E-state index in [0.29, 0.717) is 38.5 Å². The van der Waals surface area contributed by atoms with Crippen LogP contribution in [0, 0.1) is 28.5 Å². The zero-order valence-corrected chi connectivity index (χ0v) is 22.6. The van der Waals surface area contributed by atoms with Gasteiger partial charge in [0.1, 0.15) is 40.9 Å².